The number of amides is 2. The quantitative estimate of drug-likeness (QED) is 0.507. The van der Waals surface area contributed by atoms with Crippen molar-refractivity contribution in [2.24, 2.45) is 5.92 Å². The van der Waals surface area contributed by atoms with Gasteiger partial charge in [0.05, 0.1) is 0 Å². The van der Waals surface area contributed by atoms with E-state index >= 15 is 0 Å². The minimum Gasteiger partial charge on any atom is -0.364 e. The predicted molar refractivity (Wildman–Crippen MR) is 101 cm³/mol. The number of halogens is 1. The molecule has 1 fully saturated rings. The number of hydrazine groups is 1. The summed E-state index contributed by atoms with van der Waals surface area (Å²) in [5.41, 5.74) is 6.46. The van der Waals surface area contributed by atoms with E-state index in [0.29, 0.717) is 29.2 Å². The first kappa shape index (κ1) is 20.3. The molecule has 0 saturated carbocycles. The van der Waals surface area contributed by atoms with Crippen LogP contribution in [0.25, 0.3) is 0 Å². The van der Waals surface area contributed by atoms with Crippen molar-refractivity contribution >= 4 is 28.8 Å². The largest absolute Gasteiger partial charge is 0.364 e. The van der Waals surface area contributed by atoms with Gasteiger partial charge in [-0.3, -0.25) is 20.4 Å². The number of nitrogens with zero attached hydrogens (tertiary/aromatic N) is 2. The van der Waals surface area contributed by atoms with Crippen LogP contribution in [0.2, 0.25) is 0 Å². The van der Waals surface area contributed by atoms with Gasteiger partial charge >= 0.3 is 0 Å². The van der Waals surface area contributed by atoms with Crippen LogP contribution in [-0.4, -0.2) is 47.7 Å². The van der Waals surface area contributed by atoms with E-state index in [1.54, 1.807) is 6.07 Å². The van der Waals surface area contributed by atoms with Crippen molar-refractivity contribution < 1.29 is 18.7 Å². The Hall–Kier alpha value is -2.47. The summed E-state index contributed by atoms with van der Waals surface area (Å²) in [7, 11) is 0. The summed E-state index contributed by atoms with van der Waals surface area (Å²) in [6, 6.07) is 5.85. The Morgan fingerprint density at radius 2 is 2.25 bits per heavy atom. The number of carbonyl (C=O) groups excluding carboxylic acids is 2. The zero-order chi connectivity index (χ0) is 19.9. The molecule has 1 aliphatic heterocycles. The number of aromatic nitrogens is 2. The van der Waals surface area contributed by atoms with Gasteiger partial charge in [0.2, 0.25) is 10.9 Å². The highest BCUT2D eigenvalue weighted by molar-refractivity contribution is 7.13. The van der Waals surface area contributed by atoms with Gasteiger partial charge in [0.15, 0.2) is 0 Å². The van der Waals surface area contributed by atoms with Crippen LogP contribution in [0.1, 0.15) is 21.7 Å². The summed E-state index contributed by atoms with van der Waals surface area (Å²) in [5, 5.41) is 13.6. The van der Waals surface area contributed by atoms with Crippen LogP contribution in [-0.2, 0) is 16.1 Å². The Kier molecular flexibility index (Phi) is 6.98. The monoisotopic (exact) mass is 408 g/mol. The van der Waals surface area contributed by atoms with Crippen molar-refractivity contribution in [1.82, 2.24) is 26.4 Å². The highest BCUT2D eigenvalue weighted by Gasteiger charge is 2.22. The molecule has 1 saturated heterocycles. The van der Waals surface area contributed by atoms with Crippen LogP contribution in [0.15, 0.2) is 24.3 Å². The van der Waals surface area contributed by atoms with Crippen LogP contribution in [0.5, 0.6) is 0 Å². The Balaban J connectivity index is 1.39. The number of anilines is 1. The van der Waals surface area contributed by atoms with E-state index in [1.165, 1.54) is 18.2 Å². The van der Waals surface area contributed by atoms with Crippen LogP contribution in [0.4, 0.5) is 10.1 Å². The second-order valence-electron chi connectivity index (χ2n) is 6.34. The molecule has 11 heteroatoms. The Bertz CT molecular complexity index is 833. The third-order valence-corrected chi connectivity index (χ3v) is 5.06. The maximum Gasteiger partial charge on any atom is 0.286 e. The van der Waals surface area contributed by atoms with E-state index in [9.17, 15) is 14.0 Å². The lowest BCUT2D eigenvalue weighted by Gasteiger charge is -2.14. The molecule has 1 aromatic carbocycles. The highest BCUT2D eigenvalue weighted by atomic mass is 32.1. The van der Waals surface area contributed by atoms with Crippen LogP contribution >= 0.6 is 11.3 Å². The molecule has 28 heavy (non-hydrogen) atoms. The molecule has 4 N–H and O–H groups in total. The summed E-state index contributed by atoms with van der Waals surface area (Å²) in [4.78, 5) is 24.0. The Morgan fingerprint density at radius 1 is 1.39 bits per heavy atom. The van der Waals surface area contributed by atoms with Gasteiger partial charge in [-0.05, 0) is 25.1 Å². The van der Waals surface area contributed by atoms with Gasteiger partial charge < -0.3 is 15.4 Å². The molecule has 1 aliphatic rings. The van der Waals surface area contributed by atoms with Gasteiger partial charge in [-0.25, -0.2) is 4.39 Å². The molecular formula is C17H21FN6O3S. The molecule has 2 atom stereocenters. The average molecular weight is 408 g/mol. The lowest BCUT2D eigenvalue weighted by Crippen LogP contribution is -2.36. The lowest BCUT2D eigenvalue weighted by molar-refractivity contribution is -0.126. The summed E-state index contributed by atoms with van der Waals surface area (Å²) in [6.45, 7) is 3.37. The average Bonchev–Trinajstić information content (AvgIpc) is 3.29. The number of carbonyl (C=O) groups is 2. The number of benzene rings is 1. The van der Waals surface area contributed by atoms with E-state index in [0.717, 1.165) is 17.9 Å². The topological polar surface area (TPSA) is 117 Å². The van der Waals surface area contributed by atoms with Crippen molar-refractivity contribution in [1.29, 1.82) is 0 Å². The maximum atomic E-state index is 13.2. The molecule has 3 rings (SSSR count). The molecule has 1 aromatic heterocycles. The summed E-state index contributed by atoms with van der Waals surface area (Å²) in [5.74, 6) is -0.823. The lowest BCUT2D eigenvalue weighted by atomic mass is 10.0. The van der Waals surface area contributed by atoms with Crippen LogP contribution in [0.3, 0.4) is 0 Å². The van der Waals surface area contributed by atoms with Crippen LogP contribution < -0.4 is 21.5 Å². The van der Waals surface area contributed by atoms with Crippen molar-refractivity contribution in [2.45, 2.75) is 19.6 Å². The third-order valence-electron chi connectivity index (χ3n) is 4.16. The minimum atomic E-state index is -0.486. The van der Waals surface area contributed by atoms with Gasteiger partial charge in [-0.1, -0.05) is 17.4 Å². The first-order valence-corrected chi connectivity index (χ1v) is 9.55. The Morgan fingerprint density at radius 3 is 3.00 bits per heavy atom. The van der Waals surface area contributed by atoms with Gasteiger partial charge in [0.25, 0.3) is 5.91 Å². The molecule has 9 nitrogen and oxygen atoms in total. The number of nitrogens with one attached hydrogen (secondary N) is 4. The normalized spacial score (nSPS) is 18.8. The van der Waals surface area contributed by atoms with Crippen molar-refractivity contribution in [3.8, 4) is 0 Å². The molecule has 2 heterocycles. The number of hydrogen-bond donors (Lipinski definition) is 4. The first-order valence-electron chi connectivity index (χ1n) is 8.73. The summed E-state index contributed by atoms with van der Waals surface area (Å²) >= 11 is 1.05. The minimum absolute atomic E-state index is 0.0707. The third kappa shape index (κ3) is 5.76. The molecular weight excluding hydrogens is 387 g/mol. The zero-order valence-electron chi connectivity index (χ0n) is 15.2. The SMILES string of the molecule is CC1NNCC1CNC(=O)COCc1nnc(C(=O)Nc2cccc(F)c2)s1. The predicted octanol–water partition coefficient (Wildman–Crippen LogP) is 0.675. The van der Waals surface area contributed by atoms with E-state index < -0.39 is 11.7 Å². The van der Waals surface area contributed by atoms with E-state index in [1.807, 2.05) is 6.92 Å². The standard InChI is InChI=1S/C17H21FN6O3S/c1-10-11(7-20-22-10)6-19-14(25)8-27-9-15-23-24-17(28-15)16(26)21-13-4-2-3-12(18)5-13/h2-5,10-11,20,22H,6-9H2,1H3,(H,19,25)(H,21,26). The van der Waals surface area contributed by atoms with Crippen molar-refractivity contribution in [3.63, 3.8) is 0 Å². The van der Waals surface area contributed by atoms with Gasteiger partial charge in [-0.15, -0.1) is 10.2 Å². The molecule has 0 bridgehead atoms. The second-order valence-corrected chi connectivity index (χ2v) is 7.40. The molecule has 150 valence electrons. The van der Waals surface area contributed by atoms with E-state index in [4.69, 9.17) is 4.74 Å². The fraction of sp³-hybridized carbons (Fsp3) is 0.412. The highest BCUT2D eigenvalue weighted by Crippen LogP contribution is 2.15. The Labute approximate surface area is 165 Å². The van der Waals surface area contributed by atoms with Gasteiger partial charge in [-0.2, -0.15) is 0 Å². The smallest absolute Gasteiger partial charge is 0.286 e. The number of rotatable bonds is 8. The molecule has 0 spiro atoms. The summed E-state index contributed by atoms with van der Waals surface area (Å²) in [6.07, 6.45) is 0. The fourth-order valence-electron chi connectivity index (χ4n) is 2.58. The molecule has 2 unspecified atom stereocenters. The van der Waals surface area contributed by atoms with Gasteiger partial charge in [0, 0.05) is 30.7 Å². The number of hydrogen-bond acceptors (Lipinski definition) is 8. The molecule has 0 radical (unpaired) electrons. The van der Waals surface area contributed by atoms with E-state index in [-0.39, 0.29) is 24.1 Å². The molecule has 2 aromatic rings. The van der Waals surface area contributed by atoms with E-state index in [2.05, 4.69) is 31.7 Å². The summed E-state index contributed by atoms with van der Waals surface area (Å²) < 4.78 is 18.5. The van der Waals surface area contributed by atoms with Crippen molar-refractivity contribution in [3.05, 3.63) is 40.1 Å². The molecule has 0 aliphatic carbocycles. The van der Waals surface area contributed by atoms with Crippen LogP contribution in [0, 0.1) is 11.7 Å². The zero-order valence-corrected chi connectivity index (χ0v) is 16.0. The molecule has 2 amide bonds. The van der Waals surface area contributed by atoms with Crippen molar-refractivity contribution in [2.75, 3.05) is 25.0 Å². The van der Waals surface area contributed by atoms with Gasteiger partial charge in [0.1, 0.15) is 24.0 Å². The fourth-order valence-corrected chi connectivity index (χ4v) is 3.25. The first-order chi connectivity index (χ1) is 13.5. The number of ether oxygens (including phenoxy) is 1. The maximum absolute atomic E-state index is 13.2. The second kappa shape index (κ2) is 9.64.